The predicted molar refractivity (Wildman–Crippen MR) is 101 cm³/mol. The van der Waals surface area contributed by atoms with Gasteiger partial charge in [-0.2, -0.15) is 0 Å². The van der Waals surface area contributed by atoms with Crippen molar-refractivity contribution in [3.8, 4) is 11.3 Å². The third-order valence-electron chi connectivity index (χ3n) is 4.53. The molecule has 0 N–H and O–H groups in total. The monoisotopic (exact) mass is 353 g/mol. The number of benzene rings is 2. The Labute approximate surface area is 152 Å². The molecular weight excluding hydrogens is 334 g/mol. The predicted octanol–water partition coefficient (Wildman–Crippen LogP) is 4.32. The summed E-state index contributed by atoms with van der Waals surface area (Å²) in [5.74, 6) is 1.61. The zero-order valence-corrected chi connectivity index (χ0v) is 14.7. The Morgan fingerprint density at radius 1 is 0.920 bits per heavy atom. The van der Waals surface area contributed by atoms with Gasteiger partial charge in [-0.25, -0.2) is 4.98 Å². The molecule has 0 aliphatic carbocycles. The second-order valence-electron chi connectivity index (χ2n) is 6.22. The fraction of sp³-hybridized carbons (Fsp3) is 0.250. The number of aromatic nitrogens is 1. The quantitative estimate of drug-likeness (QED) is 0.699. The summed E-state index contributed by atoms with van der Waals surface area (Å²) in [6, 6.07) is 18.1. The number of piperazine rings is 1. The number of rotatable bonds is 4. The number of oxazole rings is 1. The van der Waals surface area contributed by atoms with Crippen molar-refractivity contribution in [1.82, 2.24) is 9.88 Å². The van der Waals surface area contributed by atoms with Crippen LogP contribution in [-0.4, -0.2) is 36.1 Å². The van der Waals surface area contributed by atoms with E-state index in [9.17, 15) is 0 Å². The van der Waals surface area contributed by atoms with E-state index in [4.69, 9.17) is 16.0 Å². The second kappa shape index (κ2) is 7.30. The van der Waals surface area contributed by atoms with E-state index in [0.29, 0.717) is 0 Å². The standard InChI is InChI=1S/C20H20ClN3O/c21-17-6-8-18(9-7-17)24-12-10-23(11-13-24)15-20-22-14-19(25-20)16-4-2-1-3-5-16/h1-9,14H,10-13,15H2. The molecule has 0 amide bonds. The van der Waals surface area contributed by atoms with Crippen molar-refractivity contribution in [2.24, 2.45) is 0 Å². The Bertz CT molecular complexity index is 808. The molecule has 0 bridgehead atoms. The molecule has 2 heterocycles. The van der Waals surface area contributed by atoms with Crippen molar-refractivity contribution in [3.63, 3.8) is 0 Å². The third kappa shape index (κ3) is 3.86. The molecule has 2 aromatic carbocycles. The highest BCUT2D eigenvalue weighted by Crippen LogP contribution is 2.22. The van der Waals surface area contributed by atoms with Gasteiger partial charge in [-0.1, -0.05) is 41.9 Å². The molecule has 1 aliphatic heterocycles. The molecular formula is C20H20ClN3O. The Balaban J connectivity index is 1.34. The fourth-order valence-electron chi connectivity index (χ4n) is 3.13. The highest BCUT2D eigenvalue weighted by molar-refractivity contribution is 6.30. The van der Waals surface area contributed by atoms with E-state index in [1.54, 1.807) is 0 Å². The number of hydrogen-bond acceptors (Lipinski definition) is 4. The molecule has 5 heteroatoms. The molecule has 1 saturated heterocycles. The number of anilines is 1. The molecule has 25 heavy (non-hydrogen) atoms. The van der Waals surface area contributed by atoms with Crippen LogP contribution in [0.1, 0.15) is 5.89 Å². The summed E-state index contributed by atoms with van der Waals surface area (Å²) in [5.41, 5.74) is 2.29. The maximum absolute atomic E-state index is 5.97. The van der Waals surface area contributed by atoms with Gasteiger partial charge in [0.15, 0.2) is 5.76 Å². The van der Waals surface area contributed by atoms with Gasteiger partial charge in [-0.05, 0) is 24.3 Å². The van der Waals surface area contributed by atoms with Gasteiger partial charge < -0.3 is 9.32 Å². The van der Waals surface area contributed by atoms with E-state index in [2.05, 4.69) is 26.9 Å². The molecule has 0 spiro atoms. The Kier molecular flexibility index (Phi) is 4.72. The van der Waals surface area contributed by atoms with E-state index in [0.717, 1.165) is 55.0 Å². The first-order chi connectivity index (χ1) is 12.3. The third-order valence-corrected chi connectivity index (χ3v) is 4.79. The number of nitrogens with zero attached hydrogens (tertiary/aromatic N) is 3. The summed E-state index contributed by atoms with van der Waals surface area (Å²) < 4.78 is 5.92. The SMILES string of the molecule is Clc1ccc(N2CCN(Cc3ncc(-c4ccccc4)o3)CC2)cc1. The highest BCUT2D eigenvalue weighted by atomic mass is 35.5. The van der Waals surface area contributed by atoms with Crippen LogP contribution in [0.2, 0.25) is 5.02 Å². The Morgan fingerprint density at radius 3 is 2.36 bits per heavy atom. The van der Waals surface area contributed by atoms with E-state index in [-0.39, 0.29) is 0 Å². The number of halogens is 1. The molecule has 4 rings (SSSR count). The number of hydrogen-bond donors (Lipinski definition) is 0. The largest absolute Gasteiger partial charge is 0.439 e. The molecule has 3 aromatic rings. The average molecular weight is 354 g/mol. The van der Waals surface area contributed by atoms with Gasteiger partial charge >= 0.3 is 0 Å². The first-order valence-corrected chi connectivity index (χ1v) is 8.89. The van der Waals surface area contributed by atoms with Gasteiger partial charge in [-0.15, -0.1) is 0 Å². The summed E-state index contributed by atoms with van der Waals surface area (Å²) in [5, 5.41) is 0.778. The van der Waals surface area contributed by atoms with Crippen LogP contribution in [0.5, 0.6) is 0 Å². The average Bonchev–Trinajstić information content (AvgIpc) is 3.12. The lowest BCUT2D eigenvalue weighted by Gasteiger charge is -2.35. The van der Waals surface area contributed by atoms with Crippen molar-refractivity contribution in [2.75, 3.05) is 31.1 Å². The van der Waals surface area contributed by atoms with Crippen molar-refractivity contribution in [1.29, 1.82) is 0 Å². The maximum Gasteiger partial charge on any atom is 0.209 e. The van der Waals surface area contributed by atoms with Gasteiger partial charge in [0.05, 0.1) is 12.7 Å². The van der Waals surface area contributed by atoms with Crippen LogP contribution in [0, 0.1) is 0 Å². The first-order valence-electron chi connectivity index (χ1n) is 8.51. The molecule has 0 unspecified atom stereocenters. The topological polar surface area (TPSA) is 32.5 Å². The van der Waals surface area contributed by atoms with Crippen molar-refractivity contribution < 1.29 is 4.42 Å². The van der Waals surface area contributed by atoms with Gasteiger partial charge in [0.1, 0.15) is 0 Å². The lowest BCUT2D eigenvalue weighted by molar-refractivity contribution is 0.227. The molecule has 1 aliphatic rings. The van der Waals surface area contributed by atoms with Gasteiger partial charge in [0, 0.05) is 42.5 Å². The normalized spacial score (nSPS) is 15.5. The van der Waals surface area contributed by atoms with Crippen LogP contribution in [0.4, 0.5) is 5.69 Å². The van der Waals surface area contributed by atoms with Crippen LogP contribution in [0.25, 0.3) is 11.3 Å². The maximum atomic E-state index is 5.97. The summed E-state index contributed by atoms with van der Waals surface area (Å²) >= 11 is 5.97. The molecule has 0 saturated carbocycles. The smallest absolute Gasteiger partial charge is 0.209 e. The van der Waals surface area contributed by atoms with Crippen LogP contribution in [0.3, 0.4) is 0 Å². The second-order valence-corrected chi connectivity index (χ2v) is 6.66. The van der Waals surface area contributed by atoms with Crippen LogP contribution < -0.4 is 4.90 Å². The molecule has 128 valence electrons. The van der Waals surface area contributed by atoms with Crippen molar-refractivity contribution in [3.05, 3.63) is 71.7 Å². The van der Waals surface area contributed by atoms with Crippen LogP contribution in [-0.2, 0) is 6.54 Å². The van der Waals surface area contributed by atoms with Crippen molar-refractivity contribution >= 4 is 17.3 Å². The lowest BCUT2D eigenvalue weighted by atomic mass is 10.2. The summed E-state index contributed by atoms with van der Waals surface area (Å²) in [6.07, 6.45) is 1.81. The Morgan fingerprint density at radius 2 is 1.64 bits per heavy atom. The minimum atomic E-state index is 0.751. The zero-order chi connectivity index (χ0) is 17.1. The van der Waals surface area contributed by atoms with Crippen molar-refractivity contribution in [2.45, 2.75) is 6.54 Å². The molecule has 4 nitrogen and oxygen atoms in total. The lowest BCUT2D eigenvalue weighted by Crippen LogP contribution is -2.46. The highest BCUT2D eigenvalue weighted by Gasteiger charge is 2.19. The first kappa shape index (κ1) is 16.2. The van der Waals surface area contributed by atoms with E-state index >= 15 is 0 Å². The summed E-state index contributed by atoms with van der Waals surface area (Å²) in [6.45, 7) is 4.72. The van der Waals surface area contributed by atoms with Crippen LogP contribution >= 0.6 is 11.6 Å². The van der Waals surface area contributed by atoms with Gasteiger partial charge in [-0.3, -0.25) is 4.90 Å². The fourth-order valence-corrected chi connectivity index (χ4v) is 3.25. The molecule has 1 aromatic heterocycles. The van der Waals surface area contributed by atoms with Crippen LogP contribution in [0.15, 0.2) is 65.2 Å². The van der Waals surface area contributed by atoms with E-state index in [1.807, 2.05) is 48.7 Å². The zero-order valence-electron chi connectivity index (χ0n) is 13.9. The van der Waals surface area contributed by atoms with E-state index < -0.39 is 0 Å². The van der Waals surface area contributed by atoms with Gasteiger partial charge in [0.2, 0.25) is 5.89 Å². The molecule has 1 fully saturated rings. The summed E-state index contributed by atoms with van der Waals surface area (Å²) in [4.78, 5) is 9.21. The minimum absolute atomic E-state index is 0.751. The Hall–Kier alpha value is -2.30. The van der Waals surface area contributed by atoms with Gasteiger partial charge in [0.25, 0.3) is 0 Å². The van der Waals surface area contributed by atoms with E-state index in [1.165, 1.54) is 5.69 Å². The minimum Gasteiger partial charge on any atom is -0.439 e. The molecule has 0 radical (unpaired) electrons. The summed E-state index contributed by atoms with van der Waals surface area (Å²) in [7, 11) is 0. The molecule has 0 atom stereocenters.